The largest absolute Gasteiger partial charge is 0.491 e. The molecule has 0 aliphatic rings. The number of anilines is 1. The number of aliphatic hydroxyl groups excluding tert-OH is 1. The lowest BCUT2D eigenvalue weighted by molar-refractivity contribution is -0.137. The molecule has 150 valence electrons. The van der Waals surface area contributed by atoms with E-state index in [-0.39, 0.29) is 18.9 Å². The molecule has 0 fully saturated rings. The van der Waals surface area contributed by atoms with Crippen molar-refractivity contribution in [2.45, 2.75) is 25.6 Å². The van der Waals surface area contributed by atoms with Gasteiger partial charge in [0.25, 0.3) is 0 Å². The van der Waals surface area contributed by atoms with Crippen LogP contribution in [0.3, 0.4) is 0 Å². The van der Waals surface area contributed by atoms with Gasteiger partial charge in [0.1, 0.15) is 35.4 Å². The zero-order chi connectivity index (χ0) is 20.3. The van der Waals surface area contributed by atoms with Crippen LogP contribution in [0.5, 0.6) is 5.75 Å². The molecule has 3 aromatic rings. The number of aryl methyl sites for hydroxylation is 1. The Morgan fingerprint density at radius 1 is 1.21 bits per heavy atom. The van der Waals surface area contributed by atoms with E-state index in [0.29, 0.717) is 0 Å². The molecule has 0 saturated heterocycles. The Hall–Kier alpha value is -2.39. The zero-order valence-corrected chi connectivity index (χ0v) is 16.2. The molecule has 5 nitrogen and oxygen atoms in total. The fourth-order valence-corrected chi connectivity index (χ4v) is 3.69. The normalized spacial score (nSPS) is 12.9. The summed E-state index contributed by atoms with van der Waals surface area (Å²) >= 11 is 1.61. The summed E-state index contributed by atoms with van der Waals surface area (Å²) in [7, 11) is 1.81. The third-order valence-corrected chi connectivity index (χ3v) is 5.37. The Kier molecular flexibility index (Phi) is 6.04. The molecule has 9 heteroatoms. The van der Waals surface area contributed by atoms with E-state index in [9.17, 15) is 18.3 Å². The highest BCUT2D eigenvalue weighted by molar-refractivity contribution is 7.18. The molecule has 3 rings (SSSR count). The average molecular weight is 411 g/mol. The molecule has 0 bridgehead atoms. The number of aliphatic hydroxyl groups is 1. The minimum atomic E-state index is -4.39. The fourth-order valence-electron chi connectivity index (χ4n) is 2.76. The van der Waals surface area contributed by atoms with Crippen molar-refractivity contribution in [2.24, 2.45) is 0 Å². The van der Waals surface area contributed by atoms with E-state index < -0.39 is 17.8 Å². The van der Waals surface area contributed by atoms with E-state index in [4.69, 9.17) is 4.74 Å². The number of nitrogens with zero attached hydrogens (tertiary/aromatic N) is 3. The first-order chi connectivity index (χ1) is 13.3. The molecule has 1 atom stereocenters. The first kappa shape index (κ1) is 20.3. The predicted molar refractivity (Wildman–Crippen MR) is 103 cm³/mol. The quantitative estimate of drug-likeness (QED) is 0.633. The first-order valence-corrected chi connectivity index (χ1v) is 9.52. The van der Waals surface area contributed by atoms with Crippen LogP contribution < -0.4 is 9.64 Å². The second-order valence-electron chi connectivity index (χ2n) is 6.35. The molecule has 1 aromatic carbocycles. The second-order valence-corrected chi connectivity index (χ2v) is 7.47. The van der Waals surface area contributed by atoms with E-state index >= 15 is 0 Å². The molecule has 0 aliphatic carbocycles. The van der Waals surface area contributed by atoms with Crippen LogP contribution in [0.1, 0.15) is 17.4 Å². The van der Waals surface area contributed by atoms with Gasteiger partial charge in [0, 0.05) is 18.5 Å². The number of rotatable bonds is 7. The number of benzene rings is 1. The van der Waals surface area contributed by atoms with Crippen molar-refractivity contribution >= 4 is 27.4 Å². The molecule has 0 spiro atoms. The van der Waals surface area contributed by atoms with Crippen molar-refractivity contribution in [2.75, 3.05) is 25.1 Å². The van der Waals surface area contributed by atoms with Crippen molar-refractivity contribution in [3.8, 4) is 5.75 Å². The van der Waals surface area contributed by atoms with Crippen molar-refractivity contribution < 1.29 is 23.0 Å². The predicted octanol–water partition coefficient (Wildman–Crippen LogP) is 4.15. The number of halogens is 3. The standard InChI is InChI=1S/C19H20F3N3O2S/c1-3-15-8-16-17(23-11-24-18(16)28-15)25(2)9-13(26)10-27-14-6-4-12(5-7-14)19(20,21)22/h4-8,11,13,26H,3,9-10H2,1-2H3. The Morgan fingerprint density at radius 3 is 2.57 bits per heavy atom. The number of fused-ring (bicyclic) bond motifs is 1. The molecule has 0 amide bonds. The van der Waals surface area contributed by atoms with Crippen molar-refractivity contribution in [3.05, 3.63) is 47.1 Å². The molecule has 2 aromatic heterocycles. The van der Waals surface area contributed by atoms with Gasteiger partial charge < -0.3 is 14.7 Å². The zero-order valence-electron chi connectivity index (χ0n) is 15.4. The number of aromatic nitrogens is 2. The molecule has 0 saturated carbocycles. The van der Waals surface area contributed by atoms with Crippen molar-refractivity contribution in [1.82, 2.24) is 9.97 Å². The number of likely N-dealkylation sites (N-methyl/N-ethyl adjacent to an activating group) is 1. The van der Waals surface area contributed by atoms with E-state index in [0.717, 1.165) is 34.6 Å². The Balaban J connectivity index is 1.60. The molecular weight excluding hydrogens is 391 g/mol. The Bertz CT molecular complexity index is 928. The molecule has 0 aliphatic heterocycles. The van der Waals surface area contributed by atoms with Crippen LogP contribution >= 0.6 is 11.3 Å². The van der Waals surface area contributed by atoms with Crippen LogP contribution in [0.15, 0.2) is 36.7 Å². The van der Waals surface area contributed by atoms with Crippen LogP contribution in [0.4, 0.5) is 19.0 Å². The second kappa shape index (κ2) is 8.32. The molecule has 0 radical (unpaired) electrons. The summed E-state index contributed by atoms with van der Waals surface area (Å²) in [5, 5.41) is 11.2. The van der Waals surface area contributed by atoms with E-state index in [2.05, 4.69) is 23.0 Å². The first-order valence-electron chi connectivity index (χ1n) is 8.70. The highest BCUT2D eigenvalue weighted by Crippen LogP contribution is 2.31. The van der Waals surface area contributed by atoms with Crippen LogP contribution in [0.25, 0.3) is 10.2 Å². The topological polar surface area (TPSA) is 58.5 Å². The summed E-state index contributed by atoms with van der Waals surface area (Å²) < 4.78 is 43.1. The number of alkyl halides is 3. The van der Waals surface area contributed by atoms with Crippen LogP contribution in [-0.2, 0) is 12.6 Å². The maximum absolute atomic E-state index is 12.6. The molecule has 1 unspecified atom stereocenters. The van der Waals surface area contributed by atoms with Gasteiger partial charge >= 0.3 is 6.18 Å². The number of hydrogen-bond donors (Lipinski definition) is 1. The van der Waals surface area contributed by atoms with E-state index in [1.807, 2.05) is 11.9 Å². The minimum Gasteiger partial charge on any atom is -0.491 e. The van der Waals surface area contributed by atoms with Crippen molar-refractivity contribution in [3.63, 3.8) is 0 Å². The smallest absolute Gasteiger partial charge is 0.416 e. The van der Waals surface area contributed by atoms with Gasteiger partial charge in [0.2, 0.25) is 0 Å². The highest BCUT2D eigenvalue weighted by atomic mass is 32.1. The van der Waals surface area contributed by atoms with Gasteiger partial charge in [-0.1, -0.05) is 6.92 Å². The van der Waals surface area contributed by atoms with E-state index in [1.54, 1.807) is 11.3 Å². The van der Waals surface area contributed by atoms with Gasteiger partial charge in [-0.05, 0) is 36.8 Å². The fraction of sp³-hybridized carbons (Fsp3) is 0.368. The van der Waals surface area contributed by atoms with E-state index in [1.165, 1.54) is 23.3 Å². The SMILES string of the molecule is CCc1cc2c(N(C)CC(O)COc3ccc(C(F)(F)F)cc3)ncnc2s1. The van der Waals surface area contributed by atoms with Gasteiger partial charge in [-0.2, -0.15) is 13.2 Å². The van der Waals surface area contributed by atoms with Crippen LogP contribution in [0, 0.1) is 0 Å². The van der Waals surface area contributed by atoms with Gasteiger partial charge in [-0.25, -0.2) is 9.97 Å². The molecule has 28 heavy (non-hydrogen) atoms. The molecular formula is C19H20F3N3O2S. The number of hydrogen-bond acceptors (Lipinski definition) is 6. The van der Waals surface area contributed by atoms with Crippen LogP contribution in [0.2, 0.25) is 0 Å². The number of thiophene rings is 1. The third kappa shape index (κ3) is 4.71. The summed E-state index contributed by atoms with van der Waals surface area (Å²) in [4.78, 5) is 12.5. The maximum Gasteiger partial charge on any atom is 0.416 e. The lowest BCUT2D eigenvalue weighted by atomic mass is 10.2. The van der Waals surface area contributed by atoms with Gasteiger partial charge in [0.05, 0.1) is 10.9 Å². The monoisotopic (exact) mass is 411 g/mol. The summed E-state index contributed by atoms with van der Waals surface area (Å²) in [6.07, 6.45) is -2.83. The van der Waals surface area contributed by atoms with Gasteiger partial charge in [-0.15, -0.1) is 11.3 Å². The van der Waals surface area contributed by atoms with Gasteiger partial charge in [-0.3, -0.25) is 0 Å². The minimum absolute atomic E-state index is 0.0478. The highest BCUT2D eigenvalue weighted by Gasteiger charge is 2.30. The van der Waals surface area contributed by atoms with Crippen LogP contribution in [-0.4, -0.2) is 41.4 Å². The molecule has 2 heterocycles. The average Bonchev–Trinajstić information content (AvgIpc) is 3.09. The van der Waals surface area contributed by atoms with Crippen molar-refractivity contribution in [1.29, 1.82) is 0 Å². The maximum atomic E-state index is 12.6. The molecule has 1 N–H and O–H groups in total. The summed E-state index contributed by atoms with van der Waals surface area (Å²) in [6, 6.07) is 6.44. The number of ether oxygens (including phenoxy) is 1. The Morgan fingerprint density at radius 2 is 1.93 bits per heavy atom. The summed E-state index contributed by atoms with van der Waals surface area (Å²) in [6.45, 7) is 2.28. The lowest BCUT2D eigenvalue weighted by Crippen LogP contribution is -2.33. The van der Waals surface area contributed by atoms with Gasteiger partial charge in [0.15, 0.2) is 0 Å². The summed E-state index contributed by atoms with van der Waals surface area (Å²) in [5.41, 5.74) is -0.741. The lowest BCUT2D eigenvalue weighted by Gasteiger charge is -2.22. The summed E-state index contributed by atoms with van der Waals surface area (Å²) in [5.74, 6) is 0.985. The Labute approximate surface area is 164 Å². The third-order valence-electron chi connectivity index (χ3n) is 4.18.